The Morgan fingerprint density at radius 2 is 1.76 bits per heavy atom. The molecular weight excluding hydrogens is 490 g/mol. The number of ether oxygens (including phenoxy) is 4. The van der Waals surface area contributed by atoms with Gasteiger partial charge in [-0.1, -0.05) is 6.92 Å². The maximum atomic E-state index is 13.5. The third-order valence-corrected chi connectivity index (χ3v) is 6.64. The molecule has 10 nitrogen and oxygen atoms in total. The average Bonchev–Trinajstić information content (AvgIpc) is 2.92. The van der Waals surface area contributed by atoms with Gasteiger partial charge in [-0.3, -0.25) is 14.4 Å². The topological polar surface area (TPSA) is 107 Å². The largest absolute Gasteiger partial charge is 0.497 e. The molecule has 3 atom stereocenters. The minimum absolute atomic E-state index is 0.0407. The van der Waals surface area contributed by atoms with Crippen molar-refractivity contribution in [3.63, 3.8) is 0 Å². The summed E-state index contributed by atoms with van der Waals surface area (Å²) in [4.78, 5) is 42.4. The second-order valence-electron chi connectivity index (χ2n) is 9.47. The van der Waals surface area contributed by atoms with Crippen molar-refractivity contribution in [2.45, 2.75) is 26.0 Å². The first-order valence-electron chi connectivity index (χ1n) is 12.5. The summed E-state index contributed by atoms with van der Waals surface area (Å²) in [5.74, 6) is 0.202. The standard InChI is InChI=1S/C28H37N3O7/c1-18-14-31(26(32)17-35-4)19(2)16-38-24-12-9-21(13-23(24)28(34)30(3)15-25(18)37-6)29-27(33)20-7-10-22(36-5)11-8-20/h7-13,18-19,25H,14-17H2,1-6H3,(H,29,33)/t18-,19+,25+/m0/s1. The van der Waals surface area contributed by atoms with E-state index >= 15 is 0 Å². The van der Waals surface area contributed by atoms with Gasteiger partial charge in [0, 0.05) is 51.5 Å². The molecule has 0 unspecified atom stereocenters. The molecule has 0 saturated carbocycles. The van der Waals surface area contributed by atoms with Gasteiger partial charge in [0.15, 0.2) is 0 Å². The smallest absolute Gasteiger partial charge is 0.257 e. The van der Waals surface area contributed by atoms with E-state index in [4.69, 9.17) is 18.9 Å². The van der Waals surface area contributed by atoms with Gasteiger partial charge in [-0.25, -0.2) is 0 Å². The number of fused-ring (bicyclic) bond motifs is 1. The maximum Gasteiger partial charge on any atom is 0.257 e. The number of hydrogen-bond acceptors (Lipinski definition) is 7. The first-order valence-corrected chi connectivity index (χ1v) is 12.5. The average molecular weight is 528 g/mol. The van der Waals surface area contributed by atoms with Crippen molar-refractivity contribution in [3.8, 4) is 11.5 Å². The number of amides is 3. The molecule has 1 N–H and O–H groups in total. The van der Waals surface area contributed by atoms with Crippen LogP contribution >= 0.6 is 0 Å². The summed E-state index contributed by atoms with van der Waals surface area (Å²) in [5.41, 5.74) is 1.19. The molecule has 0 fully saturated rings. The molecule has 0 aromatic heterocycles. The quantitative estimate of drug-likeness (QED) is 0.616. The molecule has 10 heteroatoms. The minimum Gasteiger partial charge on any atom is -0.497 e. The Hall–Kier alpha value is -3.63. The lowest BCUT2D eigenvalue weighted by atomic mass is 10.0. The van der Waals surface area contributed by atoms with Crippen LogP contribution in [-0.4, -0.2) is 94.3 Å². The van der Waals surface area contributed by atoms with Gasteiger partial charge < -0.3 is 34.1 Å². The van der Waals surface area contributed by atoms with E-state index in [0.717, 1.165) is 0 Å². The summed E-state index contributed by atoms with van der Waals surface area (Å²) in [6.45, 7) is 4.74. The van der Waals surface area contributed by atoms with Crippen LogP contribution in [0.3, 0.4) is 0 Å². The highest BCUT2D eigenvalue weighted by molar-refractivity contribution is 6.05. The van der Waals surface area contributed by atoms with E-state index < -0.39 is 0 Å². The molecule has 1 heterocycles. The van der Waals surface area contributed by atoms with Crippen LogP contribution in [-0.2, 0) is 14.3 Å². The fraction of sp³-hybridized carbons (Fsp3) is 0.464. The fourth-order valence-corrected chi connectivity index (χ4v) is 4.35. The molecule has 1 aliphatic heterocycles. The highest BCUT2D eigenvalue weighted by atomic mass is 16.5. The van der Waals surface area contributed by atoms with Gasteiger partial charge in [-0.05, 0) is 49.4 Å². The van der Waals surface area contributed by atoms with E-state index in [9.17, 15) is 14.4 Å². The highest BCUT2D eigenvalue weighted by Crippen LogP contribution is 2.27. The van der Waals surface area contributed by atoms with Gasteiger partial charge in [0.2, 0.25) is 5.91 Å². The van der Waals surface area contributed by atoms with Crippen molar-refractivity contribution >= 4 is 23.4 Å². The summed E-state index contributed by atoms with van der Waals surface area (Å²) < 4.78 is 22.0. The second kappa shape index (κ2) is 13.3. The molecule has 0 bridgehead atoms. The maximum absolute atomic E-state index is 13.5. The van der Waals surface area contributed by atoms with Crippen molar-refractivity contribution < 1.29 is 33.3 Å². The van der Waals surface area contributed by atoms with Crippen molar-refractivity contribution in [1.29, 1.82) is 0 Å². The summed E-state index contributed by atoms with van der Waals surface area (Å²) >= 11 is 0. The number of likely N-dealkylation sites (N-methyl/N-ethyl adjacent to an activating group) is 1. The number of rotatable bonds is 6. The summed E-state index contributed by atoms with van der Waals surface area (Å²) in [6, 6.07) is 11.4. The predicted molar refractivity (Wildman–Crippen MR) is 143 cm³/mol. The van der Waals surface area contributed by atoms with Gasteiger partial charge in [-0.15, -0.1) is 0 Å². The molecule has 2 aromatic rings. The number of benzene rings is 2. The van der Waals surface area contributed by atoms with Crippen molar-refractivity contribution in [2.75, 3.05) is 60.0 Å². The van der Waals surface area contributed by atoms with Gasteiger partial charge in [0.05, 0.1) is 24.8 Å². The zero-order chi connectivity index (χ0) is 27.8. The molecule has 0 saturated heterocycles. The molecule has 0 spiro atoms. The molecule has 38 heavy (non-hydrogen) atoms. The van der Waals surface area contributed by atoms with Crippen LogP contribution in [0.1, 0.15) is 34.6 Å². The lowest BCUT2D eigenvalue weighted by molar-refractivity contribution is -0.139. The Labute approximate surface area is 223 Å². The number of methoxy groups -OCH3 is 3. The number of nitrogens with zero attached hydrogens (tertiary/aromatic N) is 2. The van der Waals surface area contributed by atoms with E-state index in [-0.39, 0.29) is 49.0 Å². The zero-order valence-electron chi connectivity index (χ0n) is 22.9. The number of nitrogens with one attached hydrogen (secondary N) is 1. The number of carbonyl (C=O) groups is 3. The van der Waals surface area contributed by atoms with Crippen molar-refractivity contribution in [1.82, 2.24) is 9.80 Å². The lowest BCUT2D eigenvalue weighted by Gasteiger charge is -2.36. The first kappa shape index (κ1) is 28.9. The Bertz CT molecular complexity index is 1120. The van der Waals surface area contributed by atoms with E-state index in [2.05, 4.69) is 5.32 Å². The van der Waals surface area contributed by atoms with Gasteiger partial charge >= 0.3 is 0 Å². The molecular formula is C28H37N3O7. The molecule has 3 rings (SSSR count). The third kappa shape index (κ3) is 7.02. The van der Waals surface area contributed by atoms with Crippen LogP contribution in [0.4, 0.5) is 5.69 Å². The monoisotopic (exact) mass is 527 g/mol. The van der Waals surface area contributed by atoms with E-state index in [1.54, 1.807) is 73.5 Å². The van der Waals surface area contributed by atoms with Crippen LogP contribution in [0.2, 0.25) is 0 Å². The van der Waals surface area contributed by atoms with Gasteiger partial charge in [0.25, 0.3) is 11.8 Å². The van der Waals surface area contributed by atoms with E-state index in [1.807, 2.05) is 13.8 Å². The Morgan fingerprint density at radius 3 is 2.39 bits per heavy atom. The summed E-state index contributed by atoms with van der Waals surface area (Å²) in [6.07, 6.45) is -0.309. The van der Waals surface area contributed by atoms with Crippen LogP contribution in [0.15, 0.2) is 42.5 Å². The third-order valence-electron chi connectivity index (χ3n) is 6.64. The van der Waals surface area contributed by atoms with E-state index in [0.29, 0.717) is 41.4 Å². The minimum atomic E-state index is -0.323. The zero-order valence-corrected chi connectivity index (χ0v) is 22.9. The molecule has 2 aromatic carbocycles. The van der Waals surface area contributed by atoms with Crippen LogP contribution in [0.5, 0.6) is 11.5 Å². The first-order chi connectivity index (χ1) is 18.2. The number of carbonyl (C=O) groups excluding carboxylic acids is 3. The van der Waals surface area contributed by atoms with Gasteiger partial charge in [-0.2, -0.15) is 0 Å². The van der Waals surface area contributed by atoms with Crippen molar-refractivity contribution in [2.24, 2.45) is 5.92 Å². The SMILES string of the molecule is COCC(=O)N1C[C@H](C)[C@H](OC)CN(C)C(=O)c2cc(NC(=O)c3ccc(OC)cc3)ccc2OC[C@H]1C. The predicted octanol–water partition coefficient (Wildman–Crippen LogP) is 2.93. The molecule has 3 amide bonds. The number of hydrogen-bond donors (Lipinski definition) is 1. The molecule has 206 valence electrons. The summed E-state index contributed by atoms with van der Waals surface area (Å²) in [5, 5.41) is 2.84. The molecule has 0 radical (unpaired) electrons. The Balaban J connectivity index is 1.92. The normalized spacial score (nSPS) is 20.5. The highest BCUT2D eigenvalue weighted by Gasteiger charge is 2.30. The Morgan fingerprint density at radius 1 is 1.05 bits per heavy atom. The summed E-state index contributed by atoms with van der Waals surface area (Å²) in [7, 11) is 6.33. The van der Waals surface area contributed by atoms with Crippen molar-refractivity contribution in [3.05, 3.63) is 53.6 Å². The number of anilines is 1. The molecule has 0 aliphatic carbocycles. The van der Waals surface area contributed by atoms with Crippen LogP contribution in [0.25, 0.3) is 0 Å². The van der Waals surface area contributed by atoms with Crippen LogP contribution < -0.4 is 14.8 Å². The molecule has 1 aliphatic rings. The second-order valence-corrected chi connectivity index (χ2v) is 9.47. The van der Waals surface area contributed by atoms with E-state index in [1.165, 1.54) is 7.11 Å². The lowest BCUT2D eigenvalue weighted by Crippen LogP contribution is -2.49. The fourth-order valence-electron chi connectivity index (χ4n) is 4.35. The van der Waals surface area contributed by atoms with Crippen LogP contribution in [0, 0.1) is 5.92 Å². The van der Waals surface area contributed by atoms with Gasteiger partial charge in [0.1, 0.15) is 24.7 Å². The Kier molecular flexibility index (Phi) is 10.1.